The van der Waals surface area contributed by atoms with Crippen LogP contribution in [0.5, 0.6) is 0 Å². The van der Waals surface area contributed by atoms with Gasteiger partial charge >= 0.3 is 0 Å². The Hall–Kier alpha value is -7.69. The second-order valence-corrected chi connectivity index (χ2v) is 14.4. The minimum absolute atomic E-state index is 0.587. The van der Waals surface area contributed by atoms with Crippen LogP contribution in [0.2, 0.25) is 0 Å². The minimum atomic E-state index is 0.587. The Morgan fingerprint density at radius 2 is 0.842 bits per heavy atom. The van der Waals surface area contributed by atoms with Gasteiger partial charge in [0.15, 0.2) is 17.5 Å². The van der Waals surface area contributed by atoms with Crippen molar-refractivity contribution in [3.8, 4) is 67.7 Å². The van der Waals surface area contributed by atoms with Crippen LogP contribution in [0.25, 0.3) is 111 Å². The highest BCUT2D eigenvalue weighted by Gasteiger charge is 2.18. The summed E-state index contributed by atoms with van der Waals surface area (Å²) in [7, 11) is 0. The van der Waals surface area contributed by atoms with E-state index >= 15 is 0 Å². The summed E-state index contributed by atoms with van der Waals surface area (Å²) in [5, 5.41) is 8.61. The van der Waals surface area contributed by atoms with Gasteiger partial charge in [-0.1, -0.05) is 182 Å². The Labute approximate surface area is 329 Å². The molecule has 0 bridgehead atoms. The highest BCUT2D eigenvalue weighted by Crippen LogP contribution is 2.40. The Balaban J connectivity index is 0.972. The first kappa shape index (κ1) is 32.7. The fourth-order valence-corrected chi connectivity index (χ4v) is 8.12. The number of fused-ring (bicyclic) bond motifs is 5. The summed E-state index contributed by atoms with van der Waals surface area (Å²) in [4.78, 5) is 15.1. The number of hydrogen-bond acceptors (Lipinski definition) is 4. The molecule has 0 radical (unpaired) electrons. The first-order chi connectivity index (χ1) is 28.2. The van der Waals surface area contributed by atoms with Crippen molar-refractivity contribution in [3.63, 3.8) is 0 Å². The highest BCUT2D eigenvalue weighted by atomic mass is 16.3. The maximum Gasteiger partial charge on any atom is 0.164 e. The fourth-order valence-electron chi connectivity index (χ4n) is 8.12. The SMILES string of the molecule is c1ccc(-c2nc(-c3ccc(-c4ccc(-c5c6ccccc6cc6c5ccc5ccccc56)cc4)cc3)nc(-c3ccccc3-c3cc4ccccc4o3)n2)cc1. The van der Waals surface area contributed by atoms with Crippen LogP contribution in [0.1, 0.15) is 0 Å². The molecule has 11 rings (SSSR count). The largest absolute Gasteiger partial charge is 0.456 e. The number of aromatic nitrogens is 3. The van der Waals surface area contributed by atoms with Crippen LogP contribution >= 0.6 is 0 Å². The average Bonchev–Trinajstić information content (AvgIpc) is 3.73. The summed E-state index contributed by atoms with van der Waals surface area (Å²) in [6.45, 7) is 0. The third kappa shape index (κ3) is 5.83. The molecule has 2 heterocycles. The lowest BCUT2D eigenvalue weighted by Gasteiger charge is -2.14. The average molecular weight is 728 g/mol. The zero-order chi connectivity index (χ0) is 37.7. The van der Waals surface area contributed by atoms with Crippen molar-refractivity contribution in [3.05, 3.63) is 200 Å². The molecule has 0 atom stereocenters. The van der Waals surface area contributed by atoms with Crippen molar-refractivity contribution in [1.82, 2.24) is 15.0 Å². The summed E-state index contributed by atoms with van der Waals surface area (Å²) < 4.78 is 6.32. The van der Waals surface area contributed by atoms with Crippen molar-refractivity contribution in [2.45, 2.75) is 0 Å². The molecule has 0 saturated heterocycles. The monoisotopic (exact) mass is 727 g/mol. The summed E-state index contributed by atoms with van der Waals surface area (Å²) in [6.07, 6.45) is 0. The molecule has 4 nitrogen and oxygen atoms in total. The molecule has 0 aliphatic heterocycles. The number of rotatable bonds is 6. The van der Waals surface area contributed by atoms with Crippen LogP contribution in [0.3, 0.4) is 0 Å². The van der Waals surface area contributed by atoms with E-state index in [1.165, 1.54) is 43.4 Å². The standard InChI is InChI=1S/C53H33N3O/c1-2-13-38(14-3-1)51-54-52(56-53(55-51)46-20-10-9-19-44(46)49-33-41-16-6-11-21-48(41)57-49)39-28-24-35(25-29-39)34-22-26-37(27-23-34)50-43-18-8-5-15-40(43)32-47-42-17-7-4-12-36(42)30-31-45(47)50/h1-33H. The van der Waals surface area contributed by atoms with Gasteiger partial charge in [0.1, 0.15) is 11.3 Å². The number of hydrogen-bond donors (Lipinski definition) is 0. The molecular weight excluding hydrogens is 695 g/mol. The maximum atomic E-state index is 6.32. The Morgan fingerprint density at radius 1 is 0.298 bits per heavy atom. The molecule has 0 unspecified atom stereocenters. The molecular formula is C53H33N3O. The molecule has 0 saturated carbocycles. The fraction of sp³-hybridized carbons (Fsp3) is 0. The molecule has 0 fully saturated rings. The molecule has 9 aromatic carbocycles. The topological polar surface area (TPSA) is 51.8 Å². The van der Waals surface area contributed by atoms with E-state index in [4.69, 9.17) is 19.4 Å². The van der Waals surface area contributed by atoms with E-state index in [0.29, 0.717) is 17.5 Å². The quantitative estimate of drug-likeness (QED) is 0.126. The van der Waals surface area contributed by atoms with Gasteiger partial charge in [0.05, 0.1) is 0 Å². The lowest BCUT2D eigenvalue weighted by molar-refractivity contribution is 0.631. The van der Waals surface area contributed by atoms with E-state index < -0.39 is 0 Å². The van der Waals surface area contributed by atoms with E-state index in [1.807, 2.05) is 66.7 Å². The summed E-state index contributed by atoms with van der Waals surface area (Å²) in [6, 6.07) is 70.0. The van der Waals surface area contributed by atoms with Crippen LogP contribution in [0.15, 0.2) is 205 Å². The van der Waals surface area contributed by atoms with Crippen molar-refractivity contribution < 1.29 is 4.42 Å². The Bertz CT molecular complexity index is 3240. The van der Waals surface area contributed by atoms with Crippen molar-refractivity contribution in [2.75, 3.05) is 0 Å². The zero-order valence-electron chi connectivity index (χ0n) is 30.8. The van der Waals surface area contributed by atoms with Crippen molar-refractivity contribution in [2.24, 2.45) is 0 Å². The van der Waals surface area contributed by atoms with Crippen LogP contribution in [-0.4, -0.2) is 15.0 Å². The normalized spacial score (nSPS) is 11.5. The molecule has 0 aliphatic carbocycles. The lowest BCUT2D eigenvalue weighted by Crippen LogP contribution is -2.01. The zero-order valence-corrected chi connectivity index (χ0v) is 30.8. The number of benzene rings is 9. The molecule has 0 N–H and O–H groups in total. The summed E-state index contributed by atoms with van der Waals surface area (Å²) >= 11 is 0. The Kier molecular flexibility index (Phi) is 7.78. The van der Waals surface area contributed by atoms with E-state index in [1.54, 1.807) is 0 Å². The first-order valence-corrected chi connectivity index (χ1v) is 19.2. The van der Waals surface area contributed by atoms with E-state index in [-0.39, 0.29) is 0 Å². The molecule has 0 aliphatic rings. The van der Waals surface area contributed by atoms with Gasteiger partial charge in [-0.05, 0) is 72.8 Å². The van der Waals surface area contributed by atoms with Crippen LogP contribution < -0.4 is 0 Å². The van der Waals surface area contributed by atoms with Crippen molar-refractivity contribution in [1.29, 1.82) is 0 Å². The Morgan fingerprint density at radius 3 is 1.58 bits per heavy atom. The van der Waals surface area contributed by atoms with Gasteiger partial charge in [0.2, 0.25) is 0 Å². The molecule has 2 aromatic heterocycles. The molecule has 0 amide bonds. The minimum Gasteiger partial charge on any atom is -0.456 e. The van der Waals surface area contributed by atoms with Gasteiger partial charge < -0.3 is 4.42 Å². The first-order valence-electron chi connectivity index (χ1n) is 19.2. The van der Waals surface area contributed by atoms with Gasteiger partial charge in [-0.25, -0.2) is 15.0 Å². The van der Waals surface area contributed by atoms with Gasteiger partial charge in [0.25, 0.3) is 0 Å². The van der Waals surface area contributed by atoms with Gasteiger partial charge in [-0.2, -0.15) is 0 Å². The van der Waals surface area contributed by atoms with Gasteiger partial charge in [-0.15, -0.1) is 0 Å². The predicted molar refractivity (Wildman–Crippen MR) is 235 cm³/mol. The molecule has 57 heavy (non-hydrogen) atoms. The molecule has 0 spiro atoms. The summed E-state index contributed by atoms with van der Waals surface area (Å²) in [5.74, 6) is 2.58. The number of para-hydroxylation sites is 1. The molecule has 11 aromatic rings. The van der Waals surface area contributed by atoms with Crippen LogP contribution in [-0.2, 0) is 0 Å². The highest BCUT2D eigenvalue weighted by molar-refractivity contribution is 6.20. The van der Waals surface area contributed by atoms with Crippen LogP contribution in [0.4, 0.5) is 0 Å². The maximum absolute atomic E-state index is 6.32. The van der Waals surface area contributed by atoms with E-state index in [9.17, 15) is 0 Å². The van der Waals surface area contributed by atoms with Gasteiger partial charge in [-0.3, -0.25) is 0 Å². The third-order valence-electron chi connectivity index (χ3n) is 10.9. The lowest BCUT2D eigenvalue weighted by atomic mass is 9.89. The van der Waals surface area contributed by atoms with E-state index in [2.05, 4.69) is 133 Å². The second kappa shape index (κ2) is 13.6. The third-order valence-corrected chi connectivity index (χ3v) is 10.9. The molecule has 266 valence electrons. The van der Waals surface area contributed by atoms with Crippen LogP contribution in [0, 0.1) is 0 Å². The van der Waals surface area contributed by atoms with Gasteiger partial charge in [0, 0.05) is 27.6 Å². The summed E-state index contributed by atoms with van der Waals surface area (Å²) in [5.41, 5.74) is 9.19. The number of furan rings is 1. The van der Waals surface area contributed by atoms with E-state index in [0.717, 1.165) is 50.1 Å². The molecule has 4 heteroatoms. The second-order valence-electron chi connectivity index (χ2n) is 14.4. The number of nitrogens with zero attached hydrogens (tertiary/aromatic N) is 3. The predicted octanol–water partition coefficient (Wildman–Crippen LogP) is 14.1. The smallest absolute Gasteiger partial charge is 0.164 e. The van der Waals surface area contributed by atoms with Crippen molar-refractivity contribution >= 4 is 43.3 Å².